The van der Waals surface area contributed by atoms with Gasteiger partial charge in [0.2, 0.25) is 0 Å². The molecule has 0 bridgehead atoms. The van der Waals surface area contributed by atoms with E-state index in [9.17, 15) is 5.11 Å². The molecule has 4 heteroatoms. The predicted molar refractivity (Wildman–Crippen MR) is 98.6 cm³/mol. The number of ether oxygens (including phenoxy) is 1. The molecule has 0 radical (unpaired) electrons. The highest BCUT2D eigenvalue weighted by Crippen LogP contribution is 2.35. The maximum absolute atomic E-state index is 9.50. The van der Waals surface area contributed by atoms with Gasteiger partial charge in [-0.15, -0.1) is 0 Å². The summed E-state index contributed by atoms with van der Waals surface area (Å²) in [5, 5.41) is 9.50. The normalized spacial score (nSPS) is 24.5. The molecule has 0 aliphatic heterocycles. The molecule has 0 amide bonds. The second-order valence-corrected chi connectivity index (χ2v) is 7.58. The SMILES string of the molecule is OC[C@@H]1CCC[C@@H](n2ccnc2-c2ccc(OC3CCCC3)cc2)C1. The summed E-state index contributed by atoms with van der Waals surface area (Å²) in [5.41, 5.74) is 1.13. The molecule has 2 aliphatic rings. The van der Waals surface area contributed by atoms with E-state index in [1.165, 1.54) is 38.5 Å². The lowest BCUT2D eigenvalue weighted by Crippen LogP contribution is -2.21. The van der Waals surface area contributed by atoms with Crippen LogP contribution in [0, 0.1) is 5.92 Å². The van der Waals surface area contributed by atoms with Crippen molar-refractivity contribution in [2.24, 2.45) is 5.92 Å². The maximum Gasteiger partial charge on any atom is 0.140 e. The minimum absolute atomic E-state index is 0.299. The molecule has 0 unspecified atom stereocenters. The molecular formula is C21H28N2O2. The molecule has 1 aromatic carbocycles. The van der Waals surface area contributed by atoms with Crippen LogP contribution in [0.3, 0.4) is 0 Å². The van der Waals surface area contributed by atoms with Gasteiger partial charge in [0.1, 0.15) is 11.6 Å². The van der Waals surface area contributed by atoms with Crippen molar-refractivity contribution in [3.63, 3.8) is 0 Å². The van der Waals surface area contributed by atoms with Gasteiger partial charge in [-0.25, -0.2) is 4.98 Å². The number of aromatic nitrogens is 2. The molecule has 25 heavy (non-hydrogen) atoms. The first-order valence-corrected chi connectivity index (χ1v) is 9.74. The van der Waals surface area contributed by atoms with Crippen LogP contribution in [-0.4, -0.2) is 27.4 Å². The molecule has 2 saturated carbocycles. The zero-order chi connectivity index (χ0) is 17.1. The lowest BCUT2D eigenvalue weighted by atomic mass is 9.86. The summed E-state index contributed by atoms with van der Waals surface area (Å²) < 4.78 is 8.37. The number of hydrogen-bond acceptors (Lipinski definition) is 3. The minimum atomic E-state index is 0.299. The predicted octanol–water partition coefficient (Wildman–Crippen LogP) is 4.60. The summed E-state index contributed by atoms with van der Waals surface area (Å²) in [6.45, 7) is 0.299. The van der Waals surface area contributed by atoms with E-state index >= 15 is 0 Å². The second kappa shape index (κ2) is 7.61. The van der Waals surface area contributed by atoms with E-state index in [1.807, 2.05) is 6.20 Å². The number of hydrogen-bond donors (Lipinski definition) is 1. The Morgan fingerprint density at radius 3 is 2.60 bits per heavy atom. The number of aliphatic hydroxyl groups is 1. The average molecular weight is 340 g/mol. The summed E-state index contributed by atoms with van der Waals surface area (Å²) in [5.74, 6) is 2.42. The Morgan fingerprint density at radius 2 is 1.84 bits per heavy atom. The van der Waals surface area contributed by atoms with Gasteiger partial charge in [-0.3, -0.25) is 0 Å². The number of rotatable bonds is 5. The molecule has 134 valence electrons. The van der Waals surface area contributed by atoms with E-state index < -0.39 is 0 Å². The summed E-state index contributed by atoms with van der Waals surface area (Å²) in [4.78, 5) is 4.61. The van der Waals surface area contributed by atoms with Crippen LogP contribution in [0.5, 0.6) is 5.75 Å². The highest BCUT2D eigenvalue weighted by Gasteiger charge is 2.24. The zero-order valence-electron chi connectivity index (χ0n) is 14.8. The number of benzene rings is 1. The molecule has 4 rings (SSSR count). The highest BCUT2D eigenvalue weighted by atomic mass is 16.5. The van der Waals surface area contributed by atoms with Gasteiger partial charge in [0.25, 0.3) is 0 Å². The molecule has 2 atom stereocenters. The van der Waals surface area contributed by atoms with Crippen molar-refractivity contribution in [2.45, 2.75) is 63.5 Å². The van der Waals surface area contributed by atoms with Gasteiger partial charge in [0, 0.05) is 30.6 Å². The fourth-order valence-corrected chi connectivity index (χ4v) is 4.39. The smallest absolute Gasteiger partial charge is 0.140 e. The molecule has 1 heterocycles. The van der Waals surface area contributed by atoms with Crippen LogP contribution >= 0.6 is 0 Å². The first kappa shape index (κ1) is 16.6. The van der Waals surface area contributed by atoms with Crippen LogP contribution in [0.25, 0.3) is 11.4 Å². The van der Waals surface area contributed by atoms with Crippen LogP contribution < -0.4 is 4.74 Å². The largest absolute Gasteiger partial charge is 0.490 e. The van der Waals surface area contributed by atoms with Crippen LogP contribution in [0.1, 0.15) is 57.4 Å². The van der Waals surface area contributed by atoms with Crippen molar-refractivity contribution in [3.05, 3.63) is 36.7 Å². The molecule has 0 saturated heterocycles. The Balaban J connectivity index is 1.49. The van der Waals surface area contributed by atoms with Gasteiger partial charge < -0.3 is 14.4 Å². The third-order valence-electron chi connectivity index (χ3n) is 5.79. The maximum atomic E-state index is 9.50. The Kier molecular flexibility index (Phi) is 5.07. The van der Waals surface area contributed by atoms with E-state index in [2.05, 4.69) is 40.0 Å². The molecule has 1 N–H and O–H groups in total. The average Bonchev–Trinajstić information content (AvgIpc) is 3.34. The van der Waals surface area contributed by atoms with Crippen molar-refractivity contribution in [3.8, 4) is 17.1 Å². The summed E-state index contributed by atoms with van der Waals surface area (Å²) in [7, 11) is 0. The van der Waals surface area contributed by atoms with E-state index in [0.29, 0.717) is 24.7 Å². The Labute approximate surface area is 149 Å². The van der Waals surface area contributed by atoms with E-state index in [1.54, 1.807) is 0 Å². The highest BCUT2D eigenvalue weighted by molar-refractivity contribution is 5.57. The fraction of sp³-hybridized carbons (Fsp3) is 0.571. The first-order valence-electron chi connectivity index (χ1n) is 9.74. The molecule has 2 fully saturated rings. The van der Waals surface area contributed by atoms with Gasteiger partial charge in [-0.05, 0) is 75.1 Å². The topological polar surface area (TPSA) is 47.3 Å². The quantitative estimate of drug-likeness (QED) is 0.865. The van der Waals surface area contributed by atoms with Gasteiger partial charge >= 0.3 is 0 Å². The third kappa shape index (κ3) is 3.74. The molecule has 0 spiro atoms. The lowest BCUT2D eigenvalue weighted by Gasteiger charge is -2.30. The molecule has 2 aromatic rings. The second-order valence-electron chi connectivity index (χ2n) is 7.58. The van der Waals surface area contributed by atoms with Gasteiger partial charge in [-0.1, -0.05) is 6.42 Å². The van der Waals surface area contributed by atoms with E-state index in [4.69, 9.17) is 4.74 Å². The van der Waals surface area contributed by atoms with Gasteiger partial charge in [-0.2, -0.15) is 0 Å². The van der Waals surface area contributed by atoms with Crippen molar-refractivity contribution in [2.75, 3.05) is 6.61 Å². The number of nitrogens with zero attached hydrogens (tertiary/aromatic N) is 2. The summed E-state index contributed by atoms with van der Waals surface area (Å²) in [6, 6.07) is 8.83. The molecule has 4 nitrogen and oxygen atoms in total. The molecule has 1 aromatic heterocycles. The monoisotopic (exact) mass is 340 g/mol. The van der Waals surface area contributed by atoms with Crippen molar-refractivity contribution in [1.82, 2.24) is 9.55 Å². The van der Waals surface area contributed by atoms with E-state index in [-0.39, 0.29) is 0 Å². The molecular weight excluding hydrogens is 312 g/mol. The molecule has 2 aliphatic carbocycles. The van der Waals surface area contributed by atoms with Crippen molar-refractivity contribution < 1.29 is 9.84 Å². The fourth-order valence-electron chi connectivity index (χ4n) is 4.39. The van der Waals surface area contributed by atoms with Crippen LogP contribution in [0.4, 0.5) is 0 Å². The van der Waals surface area contributed by atoms with Crippen LogP contribution in [0.2, 0.25) is 0 Å². The summed E-state index contributed by atoms with van der Waals surface area (Å²) >= 11 is 0. The van der Waals surface area contributed by atoms with Gasteiger partial charge in [0.15, 0.2) is 0 Å². The first-order chi connectivity index (χ1) is 12.3. The number of aliphatic hydroxyl groups excluding tert-OH is 1. The standard InChI is InChI=1S/C21H28N2O2/c24-15-16-4-3-5-18(14-16)23-13-12-22-21(23)17-8-10-20(11-9-17)25-19-6-1-2-7-19/h8-13,16,18-19,24H,1-7,14-15H2/t16-,18-/m1/s1. The minimum Gasteiger partial charge on any atom is -0.490 e. The van der Waals surface area contributed by atoms with Crippen LogP contribution in [-0.2, 0) is 0 Å². The summed E-state index contributed by atoms with van der Waals surface area (Å²) in [6.07, 6.45) is 13.8. The van der Waals surface area contributed by atoms with Crippen molar-refractivity contribution in [1.29, 1.82) is 0 Å². The Bertz CT molecular complexity index is 673. The Morgan fingerprint density at radius 1 is 1.04 bits per heavy atom. The lowest BCUT2D eigenvalue weighted by molar-refractivity contribution is 0.163. The Hall–Kier alpha value is -1.81. The number of imidazole rings is 1. The van der Waals surface area contributed by atoms with Crippen molar-refractivity contribution >= 4 is 0 Å². The van der Waals surface area contributed by atoms with E-state index in [0.717, 1.165) is 30.0 Å². The zero-order valence-corrected chi connectivity index (χ0v) is 14.8. The van der Waals surface area contributed by atoms with Gasteiger partial charge in [0.05, 0.1) is 6.10 Å². The van der Waals surface area contributed by atoms with Crippen LogP contribution in [0.15, 0.2) is 36.7 Å². The third-order valence-corrected chi connectivity index (χ3v) is 5.79.